The lowest BCUT2D eigenvalue weighted by Gasteiger charge is -2.05. The van der Waals surface area contributed by atoms with Crippen LogP contribution in [0.5, 0.6) is 11.6 Å². The quantitative estimate of drug-likeness (QED) is 0.796. The lowest BCUT2D eigenvalue weighted by atomic mass is 10.3. The molecule has 5 heteroatoms. The maximum atomic E-state index is 13.4. The lowest BCUT2D eigenvalue weighted by Crippen LogP contribution is -1.90. The third kappa shape index (κ3) is 2.80. The van der Waals surface area contributed by atoms with Gasteiger partial charge in [0.25, 0.3) is 0 Å². The summed E-state index contributed by atoms with van der Waals surface area (Å²) in [6, 6.07) is 8.03. The van der Waals surface area contributed by atoms with Crippen LogP contribution in [0.1, 0.15) is 0 Å². The van der Waals surface area contributed by atoms with Crippen molar-refractivity contribution in [2.24, 2.45) is 0 Å². The van der Waals surface area contributed by atoms with Crippen LogP contribution in [0, 0.1) is 5.82 Å². The molecule has 0 amide bonds. The maximum Gasteiger partial charge on any atom is 0.219 e. The summed E-state index contributed by atoms with van der Waals surface area (Å²) < 4.78 is 20.2. The summed E-state index contributed by atoms with van der Waals surface area (Å²) in [5, 5.41) is 0. The molecule has 0 atom stereocenters. The average Bonchev–Trinajstić information content (AvgIpc) is 2.25. The molecule has 2 rings (SSSR count). The number of aromatic nitrogens is 1. The van der Waals surface area contributed by atoms with E-state index in [0.717, 1.165) is 4.47 Å². The van der Waals surface area contributed by atoms with Crippen molar-refractivity contribution in [3.8, 4) is 11.6 Å². The number of hydrogen-bond donors (Lipinski definition) is 0. The number of halogens is 3. The van der Waals surface area contributed by atoms with Gasteiger partial charge in [0.1, 0.15) is 0 Å². The van der Waals surface area contributed by atoms with Crippen molar-refractivity contribution in [1.82, 2.24) is 4.98 Å². The van der Waals surface area contributed by atoms with Gasteiger partial charge in [0, 0.05) is 21.2 Å². The Hall–Kier alpha value is -0.940. The minimum atomic E-state index is -0.431. The molecule has 0 bridgehead atoms. The summed E-state index contributed by atoms with van der Waals surface area (Å²) in [5.74, 6) is 0.0709. The van der Waals surface area contributed by atoms with Crippen LogP contribution in [0.25, 0.3) is 0 Å². The fourth-order valence-corrected chi connectivity index (χ4v) is 1.66. The van der Waals surface area contributed by atoms with E-state index in [4.69, 9.17) is 4.74 Å². The van der Waals surface area contributed by atoms with E-state index in [1.54, 1.807) is 30.5 Å². The van der Waals surface area contributed by atoms with Gasteiger partial charge < -0.3 is 4.74 Å². The average molecular weight is 347 g/mol. The number of hydrogen-bond acceptors (Lipinski definition) is 2. The van der Waals surface area contributed by atoms with E-state index in [-0.39, 0.29) is 5.75 Å². The molecule has 0 fully saturated rings. The smallest absolute Gasteiger partial charge is 0.219 e. The molecule has 0 saturated carbocycles. The van der Waals surface area contributed by atoms with E-state index in [0.29, 0.717) is 10.4 Å². The van der Waals surface area contributed by atoms with Crippen molar-refractivity contribution in [3.63, 3.8) is 0 Å². The van der Waals surface area contributed by atoms with Crippen LogP contribution in [-0.2, 0) is 0 Å². The third-order valence-corrected chi connectivity index (χ3v) is 2.77. The van der Waals surface area contributed by atoms with Crippen LogP contribution in [-0.4, -0.2) is 4.98 Å². The second-order valence-corrected chi connectivity index (χ2v) is 4.82. The molecule has 2 aromatic rings. The number of ether oxygens (including phenoxy) is 1. The molecule has 0 N–H and O–H groups in total. The Morgan fingerprint density at radius 3 is 2.44 bits per heavy atom. The molecule has 0 unspecified atom stereocenters. The fourth-order valence-electron chi connectivity index (χ4n) is 1.09. The summed E-state index contributed by atoms with van der Waals surface area (Å²) in [7, 11) is 0. The molecular weight excluding hydrogens is 341 g/mol. The molecule has 2 nitrogen and oxygen atoms in total. The van der Waals surface area contributed by atoms with Crippen LogP contribution >= 0.6 is 31.9 Å². The normalized spacial score (nSPS) is 10.2. The van der Waals surface area contributed by atoms with Gasteiger partial charge in [0.2, 0.25) is 5.88 Å². The monoisotopic (exact) mass is 345 g/mol. The highest BCUT2D eigenvalue weighted by Gasteiger charge is 2.05. The molecule has 0 radical (unpaired) electrons. The first kappa shape index (κ1) is 11.5. The van der Waals surface area contributed by atoms with Crippen molar-refractivity contribution in [1.29, 1.82) is 0 Å². The molecule has 1 aromatic heterocycles. The van der Waals surface area contributed by atoms with Gasteiger partial charge in [-0.05, 0) is 40.2 Å². The van der Waals surface area contributed by atoms with Crippen LogP contribution in [0.15, 0.2) is 45.5 Å². The first-order valence-corrected chi connectivity index (χ1v) is 5.98. The highest BCUT2D eigenvalue weighted by atomic mass is 79.9. The van der Waals surface area contributed by atoms with Crippen molar-refractivity contribution in [2.75, 3.05) is 0 Å². The summed E-state index contributed by atoms with van der Waals surface area (Å²) in [4.78, 5) is 3.99. The number of benzene rings is 1. The van der Waals surface area contributed by atoms with Gasteiger partial charge >= 0.3 is 0 Å². The Kier molecular flexibility index (Phi) is 3.56. The molecule has 1 heterocycles. The van der Waals surface area contributed by atoms with E-state index in [1.165, 1.54) is 6.07 Å². The minimum absolute atomic E-state index is 0.151. The fraction of sp³-hybridized carbons (Fsp3) is 0. The first-order valence-electron chi connectivity index (χ1n) is 4.39. The Morgan fingerprint density at radius 2 is 1.81 bits per heavy atom. The van der Waals surface area contributed by atoms with E-state index < -0.39 is 5.82 Å². The van der Waals surface area contributed by atoms with Gasteiger partial charge in [-0.15, -0.1) is 0 Å². The molecule has 0 aliphatic rings. The molecule has 0 aliphatic heterocycles. The molecule has 1 aromatic carbocycles. The Morgan fingerprint density at radius 1 is 1.06 bits per heavy atom. The lowest BCUT2D eigenvalue weighted by molar-refractivity contribution is 0.427. The Labute approximate surface area is 109 Å². The van der Waals surface area contributed by atoms with Gasteiger partial charge in [-0.25, -0.2) is 9.37 Å². The predicted molar refractivity (Wildman–Crippen MR) is 66.1 cm³/mol. The topological polar surface area (TPSA) is 22.1 Å². The zero-order valence-electron chi connectivity index (χ0n) is 7.95. The first-order chi connectivity index (χ1) is 7.65. The van der Waals surface area contributed by atoms with Crippen molar-refractivity contribution >= 4 is 31.9 Å². The van der Waals surface area contributed by atoms with Gasteiger partial charge in [-0.1, -0.05) is 15.9 Å². The van der Waals surface area contributed by atoms with Gasteiger partial charge in [-0.2, -0.15) is 0 Å². The Bertz CT molecular complexity index is 502. The maximum absolute atomic E-state index is 13.4. The standard InChI is InChI=1S/C11H6Br2FNO/c12-7-1-3-10(9(14)5-7)16-11-4-2-8(13)6-15-11/h1-6H. The van der Waals surface area contributed by atoms with Crippen LogP contribution in [0.3, 0.4) is 0 Å². The SMILES string of the molecule is Fc1cc(Br)ccc1Oc1ccc(Br)cn1. The van der Waals surface area contributed by atoms with E-state index in [9.17, 15) is 4.39 Å². The summed E-state index contributed by atoms with van der Waals surface area (Å²) >= 11 is 6.43. The zero-order valence-corrected chi connectivity index (χ0v) is 11.1. The third-order valence-electron chi connectivity index (χ3n) is 1.81. The van der Waals surface area contributed by atoms with E-state index in [2.05, 4.69) is 36.8 Å². The second-order valence-electron chi connectivity index (χ2n) is 2.99. The number of nitrogens with zero attached hydrogens (tertiary/aromatic N) is 1. The Balaban J connectivity index is 2.23. The summed E-state index contributed by atoms with van der Waals surface area (Å²) in [5.41, 5.74) is 0. The van der Waals surface area contributed by atoms with Crippen LogP contribution < -0.4 is 4.74 Å². The van der Waals surface area contributed by atoms with Crippen LogP contribution in [0.2, 0.25) is 0 Å². The largest absolute Gasteiger partial charge is 0.436 e. The molecule has 0 saturated heterocycles. The van der Waals surface area contributed by atoms with Gasteiger partial charge in [-0.3, -0.25) is 0 Å². The number of pyridine rings is 1. The van der Waals surface area contributed by atoms with Crippen molar-refractivity contribution < 1.29 is 9.13 Å². The summed E-state index contributed by atoms with van der Waals surface area (Å²) in [6.07, 6.45) is 1.59. The van der Waals surface area contributed by atoms with Crippen molar-refractivity contribution in [3.05, 3.63) is 51.3 Å². The molecule has 0 spiro atoms. The molecule has 82 valence electrons. The molecule has 16 heavy (non-hydrogen) atoms. The predicted octanol–water partition coefficient (Wildman–Crippen LogP) is 4.54. The number of rotatable bonds is 2. The highest BCUT2D eigenvalue weighted by molar-refractivity contribution is 9.10. The summed E-state index contributed by atoms with van der Waals surface area (Å²) in [6.45, 7) is 0. The highest BCUT2D eigenvalue weighted by Crippen LogP contribution is 2.26. The van der Waals surface area contributed by atoms with Gasteiger partial charge in [0.05, 0.1) is 0 Å². The molecular formula is C11H6Br2FNO. The minimum Gasteiger partial charge on any atom is -0.436 e. The zero-order chi connectivity index (χ0) is 11.5. The molecule has 0 aliphatic carbocycles. The van der Waals surface area contributed by atoms with Crippen molar-refractivity contribution in [2.45, 2.75) is 0 Å². The second kappa shape index (κ2) is 4.93. The van der Waals surface area contributed by atoms with Crippen LogP contribution in [0.4, 0.5) is 4.39 Å². The van der Waals surface area contributed by atoms with Gasteiger partial charge in [0.15, 0.2) is 11.6 Å². The van der Waals surface area contributed by atoms with E-state index in [1.807, 2.05) is 0 Å². The van der Waals surface area contributed by atoms with E-state index >= 15 is 0 Å².